The fourth-order valence-corrected chi connectivity index (χ4v) is 7.93. The molecule has 3 atom stereocenters. The van der Waals surface area contributed by atoms with E-state index >= 15 is 0 Å². The fourth-order valence-electron chi connectivity index (χ4n) is 6.70. The third kappa shape index (κ3) is 3.61. The normalized spacial score (nSPS) is 21.2. The first-order valence-electron chi connectivity index (χ1n) is 13.5. The van der Waals surface area contributed by atoms with Gasteiger partial charge in [-0.2, -0.15) is 0 Å². The molecule has 0 amide bonds. The van der Waals surface area contributed by atoms with Crippen LogP contribution in [0.5, 0.6) is 0 Å². The van der Waals surface area contributed by atoms with Crippen molar-refractivity contribution in [3.05, 3.63) is 53.0 Å². The minimum absolute atomic E-state index is 0.355. The van der Waals surface area contributed by atoms with Gasteiger partial charge in [0.15, 0.2) is 5.82 Å². The first-order valence-corrected chi connectivity index (χ1v) is 14.3. The number of nitrogens with zero attached hydrogens (tertiary/aromatic N) is 3. The Kier molecular flexibility index (Phi) is 5.46. The number of piperidine rings is 1. The van der Waals surface area contributed by atoms with Crippen LogP contribution in [0.15, 0.2) is 35.5 Å². The molecule has 1 saturated carbocycles. The molecular weight excluding hydrogens is 490 g/mol. The minimum atomic E-state index is 0.355. The third-order valence-electron chi connectivity index (χ3n) is 8.45. The van der Waals surface area contributed by atoms with Crippen LogP contribution >= 0.6 is 11.3 Å². The van der Waals surface area contributed by atoms with Crippen LogP contribution in [0.1, 0.15) is 67.6 Å². The molecule has 7 rings (SSSR count). The van der Waals surface area contributed by atoms with Crippen molar-refractivity contribution in [2.45, 2.75) is 65.0 Å². The Labute approximate surface area is 226 Å². The second-order valence-electron chi connectivity index (χ2n) is 11.2. The lowest BCUT2D eigenvalue weighted by atomic mass is 9.94. The number of aryl methyl sites for hydroxylation is 2. The highest BCUT2D eigenvalue weighted by Crippen LogP contribution is 2.46. The Morgan fingerprint density at radius 3 is 2.71 bits per heavy atom. The van der Waals surface area contributed by atoms with Crippen LogP contribution in [0.4, 0.5) is 5.82 Å². The summed E-state index contributed by atoms with van der Waals surface area (Å²) >= 11 is 1.83. The van der Waals surface area contributed by atoms with Gasteiger partial charge in [0.2, 0.25) is 0 Å². The maximum absolute atomic E-state index is 5.49. The van der Waals surface area contributed by atoms with Crippen LogP contribution in [0.3, 0.4) is 0 Å². The smallest absolute Gasteiger partial charge is 0.156 e. The molecule has 1 aliphatic carbocycles. The molecule has 0 spiro atoms. The molecule has 1 saturated heterocycles. The number of rotatable bonds is 5. The third-order valence-corrected chi connectivity index (χ3v) is 9.71. The minimum Gasteiger partial charge on any atom is -0.390 e. The van der Waals surface area contributed by atoms with E-state index in [1.807, 2.05) is 24.5 Å². The van der Waals surface area contributed by atoms with E-state index in [1.165, 1.54) is 57.4 Å². The predicted octanol–water partition coefficient (Wildman–Crippen LogP) is 7.01. The van der Waals surface area contributed by atoms with E-state index < -0.39 is 0 Å². The van der Waals surface area contributed by atoms with Crippen LogP contribution in [0.2, 0.25) is 0 Å². The number of benzene rings is 1. The zero-order valence-electron chi connectivity index (χ0n) is 22.2. The van der Waals surface area contributed by atoms with E-state index in [9.17, 15) is 0 Å². The molecule has 194 valence electrons. The highest BCUT2D eigenvalue weighted by Gasteiger charge is 2.41. The summed E-state index contributed by atoms with van der Waals surface area (Å²) < 4.78 is 0. The summed E-state index contributed by atoms with van der Waals surface area (Å²) in [6, 6.07) is 9.84. The number of nitrogens with one attached hydrogen (secondary N) is 3. The summed E-state index contributed by atoms with van der Waals surface area (Å²) in [6.07, 6.45) is 7.09. The summed E-state index contributed by atoms with van der Waals surface area (Å²) in [5.41, 5.74) is 14.8. The number of H-pyrrole nitrogens is 2. The number of hydrogen-bond acceptors (Lipinski definition) is 5. The van der Waals surface area contributed by atoms with Crippen molar-refractivity contribution in [3.8, 4) is 21.7 Å². The Balaban J connectivity index is 1.29. The number of aromatic amines is 2. The number of pyridine rings is 1. The van der Waals surface area contributed by atoms with Crippen molar-refractivity contribution < 1.29 is 0 Å². The van der Waals surface area contributed by atoms with Gasteiger partial charge in [-0.15, -0.1) is 11.3 Å². The molecule has 5 N–H and O–H groups in total. The second kappa shape index (κ2) is 8.78. The molecule has 0 radical (unpaired) electrons. The molecule has 0 unspecified atom stereocenters. The van der Waals surface area contributed by atoms with Crippen LogP contribution in [-0.4, -0.2) is 32.3 Å². The Morgan fingerprint density at radius 1 is 1.13 bits per heavy atom. The highest BCUT2D eigenvalue weighted by atomic mass is 32.1. The molecule has 1 aliphatic heterocycles. The molecule has 1 aromatic carbocycles. The van der Waals surface area contributed by atoms with Crippen LogP contribution in [-0.2, 0) is 0 Å². The molecule has 8 heteroatoms. The van der Waals surface area contributed by atoms with E-state index in [4.69, 9.17) is 10.7 Å². The average molecular weight is 524 g/mol. The van der Waals surface area contributed by atoms with E-state index in [0.29, 0.717) is 29.7 Å². The number of nitrogens with two attached hydrogens (primary N) is 1. The van der Waals surface area contributed by atoms with Crippen LogP contribution in [0.25, 0.3) is 42.9 Å². The molecule has 5 heterocycles. The number of fused-ring (bicyclic) bond motifs is 4. The van der Waals surface area contributed by atoms with Crippen molar-refractivity contribution >= 4 is 44.7 Å². The molecule has 7 nitrogen and oxygen atoms in total. The molecule has 5 aromatic rings. The van der Waals surface area contributed by atoms with E-state index in [0.717, 1.165) is 33.7 Å². The van der Waals surface area contributed by atoms with Crippen molar-refractivity contribution in [2.75, 3.05) is 0 Å². The number of aromatic nitrogens is 4. The summed E-state index contributed by atoms with van der Waals surface area (Å²) in [5, 5.41) is 5.10. The lowest BCUT2D eigenvalue weighted by Gasteiger charge is -2.20. The van der Waals surface area contributed by atoms with E-state index in [2.05, 4.69) is 70.3 Å². The summed E-state index contributed by atoms with van der Waals surface area (Å²) in [6.45, 7) is 8.80. The van der Waals surface area contributed by atoms with Gasteiger partial charge in [0.25, 0.3) is 0 Å². The van der Waals surface area contributed by atoms with Crippen molar-refractivity contribution in [1.82, 2.24) is 25.3 Å². The Hall–Kier alpha value is -3.49. The molecule has 2 bridgehead atoms. The predicted molar refractivity (Wildman–Crippen MR) is 157 cm³/mol. The van der Waals surface area contributed by atoms with Gasteiger partial charge in [0.05, 0.1) is 29.1 Å². The highest BCUT2D eigenvalue weighted by molar-refractivity contribution is 7.22. The van der Waals surface area contributed by atoms with Gasteiger partial charge in [-0.1, -0.05) is 19.9 Å². The lowest BCUT2D eigenvalue weighted by molar-refractivity contribution is 0.380. The first-order chi connectivity index (χ1) is 18.4. The van der Waals surface area contributed by atoms with E-state index in [-0.39, 0.29) is 0 Å². The van der Waals surface area contributed by atoms with Crippen molar-refractivity contribution in [1.29, 1.82) is 0 Å². The van der Waals surface area contributed by atoms with Gasteiger partial charge < -0.3 is 21.0 Å². The average Bonchev–Trinajstić information content (AvgIpc) is 3.71. The lowest BCUT2D eigenvalue weighted by Crippen LogP contribution is -2.29. The van der Waals surface area contributed by atoms with Gasteiger partial charge in [-0.05, 0) is 85.4 Å². The maximum Gasteiger partial charge on any atom is 0.156 e. The van der Waals surface area contributed by atoms with Crippen LogP contribution in [0, 0.1) is 19.8 Å². The molecule has 2 aliphatic rings. The summed E-state index contributed by atoms with van der Waals surface area (Å²) in [4.78, 5) is 23.6. The topological polar surface area (TPSA) is 108 Å². The number of hydrogen-bond donors (Lipinski definition) is 4. The maximum atomic E-state index is 5.49. The van der Waals surface area contributed by atoms with Crippen molar-refractivity contribution in [3.63, 3.8) is 0 Å². The standard InChI is InChI=1S/C30H33N7S/c1-14(2)23-24-16(4)27(38-30(24)37-25(23)19-9-15(3)28(32-12-19)33-13-31)18-6-8-21-22(11-18)36-29(35-21)26-17-5-7-20(10-17)34-26/h6,8-9,11-14,17,20,26,34,37H,5,7,10H2,1-4H3,(H,35,36)(H2,31,32,33)/t17-,20+,26-/m0/s1. The Morgan fingerprint density at radius 2 is 2.00 bits per heavy atom. The van der Waals surface area contributed by atoms with Gasteiger partial charge in [0, 0.05) is 28.1 Å². The first kappa shape index (κ1) is 23.6. The van der Waals surface area contributed by atoms with Gasteiger partial charge in [-0.25, -0.2) is 15.0 Å². The summed E-state index contributed by atoms with van der Waals surface area (Å²) in [5.74, 6) is 2.82. The quantitative estimate of drug-likeness (QED) is 0.147. The molecule has 38 heavy (non-hydrogen) atoms. The van der Waals surface area contributed by atoms with E-state index in [1.54, 1.807) is 0 Å². The summed E-state index contributed by atoms with van der Waals surface area (Å²) in [7, 11) is 0. The monoisotopic (exact) mass is 523 g/mol. The number of aliphatic imine (C=N–C) groups is 1. The molecule has 4 aromatic heterocycles. The van der Waals surface area contributed by atoms with Gasteiger partial charge in [-0.3, -0.25) is 0 Å². The van der Waals surface area contributed by atoms with Crippen molar-refractivity contribution in [2.24, 2.45) is 16.6 Å². The second-order valence-corrected chi connectivity index (χ2v) is 12.3. The fraction of sp³-hybridized carbons (Fsp3) is 0.367. The molecular formula is C30H33N7S. The largest absolute Gasteiger partial charge is 0.390 e. The zero-order valence-corrected chi connectivity index (χ0v) is 23.0. The molecule has 2 fully saturated rings. The number of imidazole rings is 1. The Bertz CT molecular complexity index is 1720. The number of thiophene rings is 1. The van der Waals surface area contributed by atoms with Gasteiger partial charge >= 0.3 is 0 Å². The van der Waals surface area contributed by atoms with Crippen LogP contribution < -0.4 is 11.1 Å². The van der Waals surface area contributed by atoms with Gasteiger partial charge in [0.1, 0.15) is 10.7 Å². The SMILES string of the molecule is Cc1cc(-c2[nH]c3sc(-c4ccc5nc([C@H]6N[C@@H]7CC[C@H]6C7)[nH]c5c4)c(C)c3c2C(C)C)cnc1N=CN. The zero-order chi connectivity index (χ0) is 26.1.